The zero-order valence-electron chi connectivity index (χ0n) is 18.7. The lowest BCUT2D eigenvalue weighted by molar-refractivity contribution is 0.161. The van der Waals surface area contributed by atoms with Crippen LogP contribution in [0.25, 0.3) is 11.1 Å². The molecule has 2 aromatic heterocycles. The second-order valence-electron chi connectivity index (χ2n) is 8.79. The topological polar surface area (TPSA) is 73.4 Å². The fourth-order valence-electron chi connectivity index (χ4n) is 4.70. The Morgan fingerprint density at radius 3 is 2.61 bits per heavy atom. The summed E-state index contributed by atoms with van der Waals surface area (Å²) in [5, 5.41) is 10.4. The van der Waals surface area contributed by atoms with Gasteiger partial charge in [0.2, 0.25) is 5.95 Å². The molecule has 3 aromatic rings. The highest BCUT2D eigenvalue weighted by atomic mass is 32.1. The predicted molar refractivity (Wildman–Crippen MR) is 134 cm³/mol. The maximum atomic E-state index is 13.0. The first-order valence-electron chi connectivity index (χ1n) is 11.8. The van der Waals surface area contributed by atoms with E-state index in [1.165, 1.54) is 19.3 Å². The lowest BCUT2D eigenvalue weighted by atomic mass is 10.1. The number of benzene rings is 1. The molecular formula is C25H30N6OS. The van der Waals surface area contributed by atoms with E-state index in [0.29, 0.717) is 12.0 Å². The average molecular weight is 463 g/mol. The van der Waals surface area contributed by atoms with Crippen molar-refractivity contribution in [2.75, 3.05) is 36.8 Å². The van der Waals surface area contributed by atoms with Gasteiger partial charge in [-0.1, -0.05) is 12.5 Å². The molecule has 0 bridgehead atoms. The van der Waals surface area contributed by atoms with Crippen LogP contribution in [-0.2, 0) is 0 Å². The van der Waals surface area contributed by atoms with Gasteiger partial charge in [-0.15, -0.1) is 0 Å². The van der Waals surface area contributed by atoms with Crippen molar-refractivity contribution >= 4 is 34.7 Å². The zero-order valence-corrected chi connectivity index (χ0v) is 19.6. The molecule has 2 aliphatic heterocycles. The van der Waals surface area contributed by atoms with Crippen LogP contribution >= 0.6 is 11.3 Å². The monoisotopic (exact) mass is 462 g/mol. The van der Waals surface area contributed by atoms with Crippen molar-refractivity contribution in [2.24, 2.45) is 0 Å². The quantitative estimate of drug-likeness (QED) is 0.511. The molecule has 8 heteroatoms. The molecule has 2 amide bonds. The Kier molecular flexibility index (Phi) is 6.83. The highest BCUT2D eigenvalue weighted by Crippen LogP contribution is 2.24. The number of urea groups is 1. The third-order valence-electron chi connectivity index (χ3n) is 6.43. The molecule has 0 radical (unpaired) electrons. The van der Waals surface area contributed by atoms with Crippen LogP contribution in [0.2, 0.25) is 0 Å². The fraction of sp³-hybridized carbons (Fsp3) is 0.400. The Balaban J connectivity index is 1.19. The minimum atomic E-state index is -0.0111. The maximum Gasteiger partial charge on any atom is 0.322 e. The van der Waals surface area contributed by atoms with Crippen molar-refractivity contribution in [1.29, 1.82) is 0 Å². The van der Waals surface area contributed by atoms with E-state index >= 15 is 0 Å². The van der Waals surface area contributed by atoms with Crippen LogP contribution in [0.1, 0.15) is 32.1 Å². The van der Waals surface area contributed by atoms with Crippen molar-refractivity contribution in [3.63, 3.8) is 0 Å². The molecule has 0 saturated carbocycles. The number of anilines is 3. The normalized spacial score (nSPS) is 18.9. The number of aromatic nitrogens is 2. The Morgan fingerprint density at radius 2 is 1.82 bits per heavy atom. The summed E-state index contributed by atoms with van der Waals surface area (Å²) in [4.78, 5) is 26.4. The van der Waals surface area contributed by atoms with Crippen LogP contribution in [0.4, 0.5) is 22.1 Å². The van der Waals surface area contributed by atoms with Gasteiger partial charge in [0.25, 0.3) is 0 Å². The van der Waals surface area contributed by atoms with Gasteiger partial charge in [0.05, 0.1) is 0 Å². The van der Waals surface area contributed by atoms with Gasteiger partial charge in [0.1, 0.15) is 0 Å². The molecule has 7 nitrogen and oxygen atoms in total. The molecule has 2 fully saturated rings. The molecule has 33 heavy (non-hydrogen) atoms. The second-order valence-corrected chi connectivity index (χ2v) is 9.57. The molecule has 2 N–H and O–H groups in total. The highest BCUT2D eigenvalue weighted by molar-refractivity contribution is 7.08. The van der Waals surface area contributed by atoms with E-state index in [1.54, 1.807) is 11.3 Å². The van der Waals surface area contributed by atoms with Gasteiger partial charge in [-0.2, -0.15) is 11.3 Å². The predicted octanol–water partition coefficient (Wildman–Crippen LogP) is 5.43. The number of piperidine rings is 1. The van der Waals surface area contributed by atoms with Gasteiger partial charge < -0.3 is 20.4 Å². The summed E-state index contributed by atoms with van der Waals surface area (Å²) < 4.78 is 0. The first-order chi connectivity index (χ1) is 16.2. The van der Waals surface area contributed by atoms with Gasteiger partial charge in [0, 0.05) is 48.5 Å². The van der Waals surface area contributed by atoms with Gasteiger partial charge in [-0.05, 0) is 79.4 Å². The number of carbonyl (C=O) groups excluding carboxylic acids is 1. The molecule has 2 saturated heterocycles. The van der Waals surface area contributed by atoms with Gasteiger partial charge in [-0.3, -0.25) is 0 Å². The van der Waals surface area contributed by atoms with Gasteiger partial charge >= 0.3 is 6.03 Å². The Hall–Kier alpha value is -2.97. The summed E-state index contributed by atoms with van der Waals surface area (Å²) in [5.41, 5.74) is 3.72. The molecule has 2 aliphatic rings. The summed E-state index contributed by atoms with van der Waals surface area (Å²) in [6.07, 6.45) is 9.69. The summed E-state index contributed by atoms with van der Waals surface area (Å²) in [7, 11) is 0. The number of rotatable bonds is 6. The number of hydrogen-bond donors (Lipinski definition) is 2. The zero-order chi connectivity index (χ0) is 22.5. The van der Waals surface area contributed by atoms with Crippen molar-refractivity contribution in [2.45, 2.75) is 38.1 Å². The smallest absolute Gasteiger partial charge is 0.322 e. The summed E-state index contributed by atoms with van der Waals surface area (Å²) in [5.74, 6) is 0.526. The first kappa shape index (κ1) is 21.9. The molecule has 1 aromatic carbocycles. The van der Waals surface area contributed by atoms with Crippen LogP contribution in [0.3, 0.4) is 0 Å². The molecule has 0 aliphatic carbocycles. The van der Waals surface area contributed by atoms with E-state index in [2.05, 4.69) is 36.9 Å². The Labute approximate surface area is 198 Å². The summed E-state index contributed by atoms with van der Waals surface area (Å²) >= 11 is 1.65. The van der Waals surface area contributed by atoms with E-state index in [4.69, 9.17) is 0 Å². The van der Waals surface area contributed by atoms with E-state index in [-0.39, 0.29) is 6.03 Å². The minimum absolute atomic E-state index is 0.0111. The number of amides is 2. The fourth-order valence-corrected chi connectivity index (χ4v) is 5.37. The van der Waals surface area contributed by atoms with Crippen LogP contribution in [0.5, 0.6) is 0 Å². The van der Waals surface area contributed by atoms with Crippen LogP contribution in [0, 0.1) is 0 Å². The molecule has 172 valence electrons. The number of nitrogens with zero attached hydrogens (tertiary/aromatic N) is 4. The number of thiophene rings is 1. The number of carbonyl (C=O) groups is 1. The van der Waals surface area contributed by atoms with Crippen molar-refractivity contribution in [1.82, 2.24) is 19.8 Å². The largest absolute Gasteiger partial charge is 0.324 e. The van der Waals surface area contributed by atoms with E-state index < -0.39 is 0 Å². The highest BCUT2D eigenvalue weighted by Gasteiger charge is 2.30. The van der Waals surface area contributed by atoms with Gasteiger partial charge in [-0.25, -0.2) is 14.8 Å². The molecule has 5 rings (SSSR count). The lowest BCUT2D eigenvalue weighted by Crippen LogP contribution is -2.46. The molecular weight excluding hydrogens is 432 g/mol. The maximum absolute atomic E-state index is 13.0. The molecule has 4 heterocycles. The molecule has 1 atom stereocenters. The summed E-state index contributed by atoms with van der Waals surface area (Å²) in [6, 6.07) is 10.1. The standard InChI is InChI=1S/C25H30N6OS/c32-25(31-12-5-8-23(31)17-30-10-2-1-3-11-30)29-22-7-4-6-21(14-22)28-24-26-15-20(16-27-24)19-9-13-33-18-19/h4,6-7,9,13-16,18,23H,1-3,5,8,10-12,17H2,(H,29,32)(H,26,27,28). The van der Waals surface area contributed by atoms with Crippen LogP contribution in [-0.4, -0.2) is 58.0 Å². The van der Waals surface area contributed by atoms with E-state index in [9.17, 15) is 4.79 Å². The molecule has 1 unspecified atom stereocenters. The van der Waals surface area contributed by atoms with Crippen molar-refractivity contribution in [3.05, 3.63) is 53.5 Å². The minimum Gasteiger partial charge on any atom is -0.324 e. The van der Waals surface area contributed by atoms with Crippen LogP contribution in [0.15, 0.2) is 53.5 Å². The van der Waals surface area contributed by atoms with E-state index in [1.807, 2.05) is 46.9 Å². The number of nitrogens with one attached hydrogen (secondary N) is 2. The Bertz CT molecular complexity index is 1050. The SMILES string of the molecule is O=C(Nc1cccc(Nc2ncc(-c3ccsc3)cn2)c1)N1CCCC1CN1CCCCC1. The number of hydrogen-bond acceptors (Lipinski definition) is 6. The van der Waals surface area contributed by atoms with Crippen molar-refractivity contribution in [3.8, 4) is 11.1 Å². The third kappa shape index (κ3) is 5.51. The second kappa shape index (κ2) is 10.3. The van der Waals surface area contributed by atoms with Crippen LogP contribution < -0.4 is 10.6 Å². The number of likely N-dealkylation sites (tertiary alicyclic amines) is 2. The van der Waals surface area contributed by atoms with Crippen molar-refractivity contribution < 1.29 is 4.79 Å². The van der Waals surface area contributed by atoms with E-state index in [0.717, 1.165) is 61.5 Å². The Morgan fingerprint density at radius 1 is 1.00 bits per heavy atom. The summed E-state index contributed by atoms with van der Waals surface area (Å²) in [6.45, 7) is 4.15. The van der Waals surface area contributed by atoms with Gasteiger partial charge in [0.15, 0.2) is 0 Å². The average Bonchev–Trinajstić information content (AvgIpc) is 3.53. The lowest BCUT2D eigenvalue weighted by Gasteiger charge is -2.33. The third-order valence-corrected chi connectivity index (χ3v) is 7.12. The molecule has 0 spiro atoms. The first-order valence-corrected chi connectivity index (χ1v) is 12.7.